The Morgan fingerprint density at radius 2 is 1.89 bits per heavy atom. The summed E-state index contributed by atoms with van der Waals surface area (Å²) in [6.07, 6.45) is 0.513. The van der Waals surface area contributed by atoms with E-state index in [2.05, 4.69) is 5.32 Å². The van der Waals surface area contributed by atoms with Gasteiger partial charge in [0.2, 0.25) is 0 Å². The molecule has 2 N–H and O–H groups in total. The average Bonchev–Trinajstić information content (AvgIpc) is 2.38. The minimum atomic E-state index is -1.48. The van der Waals surface area contributed by atoms with E-state index >= 15 is 0 Å². The SMILES string of the molecule is COc1ccc(CCNC(=O)C(=O)O)cc1OC. The van der Waals surface area contributed by atoms with Crippen molar-refractivity contribution >= 4 is 11.9 Å². The summed E-state index contributed by atoms with van der Waals surface area (Å²) in [5, 5.41) is 10.7. The van der Waals surface area contributed by atoms with Gasteiger partial charge in [-0.3, -0.25) is 4.79 Å². The number of carboxylic acids is 1. The second kappa shape index (κ2) is 6.48. The summed E-state index contributed by atoms with van der Waals surface area (Å²) in [4.78, 5) is 21.1. The number of carboxylic acid groups (broad SMARTS) is 1. The van der Waals surface area contributed by atoms with Crippen LogP contribution in [0.1, 0.15) is 5.56 Å². The van der Waals surface area contributed by atoms with Crippen LogP contribution < -0.4 is 14.8 Å². The predicted octanol–water partition coefficient (Wildman–Crippen LogP) is 0.447. The predicted molar refractivity (Wildman–Crippen MR) is 63.9 cm³/mol. The summed E-state index contributed by atoms with van der Waals surface area (Å²) in [7, 11) is 3.08. The van der Waals surface area contributed by atoms with Crippen LogP contribution >= 0.6 is 0 Å². The van der Waals surface area contributed by atoms with Gasteiger partial charge in [-0.25, -0.2) is 4.79 Å². The van der Waals surface area contributed by atoms with Gasteiger partial charge in [0.1, 0.15) is 0 Å². The maximum atomic E-state index is 10.8. The number of carbonyl (C=O) groups is 2. The van der Waals surface area contributed by atoms with E-state index < -0.39 is 11.9 Å². The minimum absolute atomic E-state index is 0.251. The van der Waals surface area contributed by atoms with Gasteiger partial charge < -0.3 is 19.9 Å². The fraction of sp³-hybridized carbons (Fsp3) is 0.333. The van der Waals surface area contributed by atoms with Gasteiger partial charge in [0, 0.05) is 6.54 Å². The molecule has 0 aliphatic carbocycles. The van der Waals surface area contributed by atoms with Gasteiger partial charge >= 0.3 is 11.9 Å². The van der Waals surface area contributed by atoms with E-state index in [0.29, 0.717) is 17.9 Å². The fourth-order valence-electron chi connectivity index (χ4n) is 1.43. The first-order valence-electron chi connectivity index (χ1n) is 5.30. The normalized spacial score (nSPS) is 9.67. The number of nitrogens with one attached hydrogen (secondary N) is 1. The third kappa shape index (κ3) is 3.65. The van der Waals surface area contributed by atoms with Crippen LogP contribution in [0.5, 0.6) is 11.5 Å². The van der Waals surface area contributed by atoms with Gasteiger partial charge in [-0.05, 0) is 24.1 Å². The lowest BCUT2D eigenvalue weighted by Crippen LogP contribution is -2.32. The summed E-state index contributed by atoms with van der Waals surface area (Å²) >= 11 is 0. The molecule has 0 aliphatic rings. The number of aliphatic carboxylic acids is 1. The Balaban J connectivity index is 2.58. The molecule has 0 bridgehead atoms. The van der Waals surface area contributed by atoms with Crippen molar-refractivity contribution < 1.29 is 24.2 Å². The highest BCUT2D eigenvalue weighted by atomic mass is 16.5. The van der Waals surface area contributed by atoms with E-state index in [0.717, 1.165) is 5.56 Å². The maximum absolute atomic E-state index is 10.8. The zero-order valence-corrected chi connectivity index (χ0v) is 10.2. The summed E-state index contributed by atoms with van der Waals surface area (Å²) < 4.78 is 10.2. The van der Waals surface area contributed by atoms with Crippen LogP contribution in [0.3, 0.4) is 0 Å². The third-order valence-corrected chi connectivity index (χ3v) is 2.34. The molecule has 18 heavy (non-hydrogen) atoms. The molecule has 0 saturated heterocycles. The number of amides is 1. The zero-order valence-electron chi connectivity index (χ0n) is 10.2. The number of carbonyl (C=O) groups excluding carboxylic acids is 1. The van der Waals surface area contributed by atoms with Crippen LogP contribution in [0.25, 0.3) is 0 Å². The quantitative estimate of drug-likeness (QED) is 0.744. The van der Waals surface area contributed by atoms with Crippen molar-refractivity contribution in [2.75, 3.05) is 20.8 Å². The molecule has 0 radical (unpaired) electrons. The Kier molecular flexibility index (Phi) is 4.98. The number of hydrogen-bond acceptors (Lipinski definition) is 4. The lowest BCUT2D eigenvalue weighted by atomic mass is 10.1. The molecule has 1 aromatic carbocycles. The van der Waals surface area contributed by atoms with E-state index in [1.807, 2.05) is 6.07 Å². The van der Waals surface area contributed by atoms with Crippen LogP contribution in [-0.2, 0) is 16.0 Å². The first-order valence-corrected chi connectivity index (χ1v) is 5.30. The molecule has 6 heteroatoms. The van der Waals surface area contributed by atoms with Crippen LogP contribution in [-0.4, -0.2) is 37.7 Å². The Labute approximate surface area is 105 Å². The fourth-order valence-corrected chi connectivity index (χ4v) is 1.43. The Morgan fingerprint density at radius 1 is 1.22 bits per heavy atom. The van der Waals surface area contributed by atoms with Crippen LogP contribution in [0.2, 0.25) is 0 Å². The Bertz CT molecular complexity index is 444. The summed E-state index contributed by atoms with van der Waals surface area (Å²) in [5.74, 6) is -1.27. The molecule has 0 aromatic heterocycles. The van der Waals surface area contributed by atoms with Crippen molar-refractivity contribution in [1.29, 1.82) is 0 Å². The topological polar surface area (TPSA) is 84.9 Å². The number of benzene rings is 1. The number of hydrogen-bond donors (Lipinski definition) is 2. The Hall–Kier alpha value is -2.24. The number of ether oxygens (including phenoxy) is 2. The van der Waals surface area contributed by atoms with Gasteiger partial charge in [-0.1, -0.05) is 6.07 Å². The van der Waals surface area contributed by atoms with Gasteiger partial charge in [0.15, 0.2) is 11.5 Å². The van der Waals surface area contributed by atoms with Gasteiger partial charge in [0.25, 0.3) is 0 Å². The molecule has 98 valence electrons. The minimum Gasteiger partial charge on any atom is -0.493 e. The standard InChI is InChI=1S/C12H15NO5/c1-17-9-4-3-8(7-10(9)18-2)5-6-13-11(14)12(15)16/h3-4,7H,5-6H2,1-2H3,(H,13,14)(H,15,16). The summed E-state index contributed by atoms with van der Waals surface area (Å²) in [5.41, 5.74) is 0.915. The monoisotopic (exact) mass is 253 g/mol. The van der Waals surface area contributed by atoms with Gasteiger partial charge in [0.05, 0.1) is 14.2 Å². The smallest absolute Gasteiger partial charge is 0.394 e. The van der Waals surface area contributed by atoms with Crippen molar-refractivity contribution in [3.63, 3.8) is 0 Å². The highest BCUT2D eigenvalue weighted by Gasteiger charge is 2.10. The average molecular weight is 253 g/mol. The van der Waals surface area contributed by atoms with Crippen LogP contribution in [0, 0.1) is 0 Å². The van der Waals surface area contributed by atoms with E-state index in [9.17, 15) is 9.59 Å². The van der Waals surface area contributed by atoms with Crippen molar-refractivity contribution in [3.8, 4) is 11.5 Å². The number of methoxy groups -OCH3 is 2. The lowest BCUT2D eigenvalue weighted by molar-refractivity contribution is -0.150. The summed E-state index contributed by atoms with van der Waals surface area (Å²) in [6.45, 7) is 0.251. The van der Waals surface area contributed by atoms with Crippen molar-refractivity contribution in [2.45, 2.75) is 6.42 Å². The van der Waals surface area contributed by atoms with E-state index in [1.165, 1.54) is 7.11 Å². The molecule has 0 aliphatic heterocycles. The number of rotatable bonds is 5. The van der Waals surface area contributed by atoms with Crippen molar-refractivity contribution in [3.05, 3.63) is 23.8 Å². The van der Waals surface area contributed by atoms with E-state index in [4.69, 9.17) is 14.6 Å². The first kappa shape index (κ1) is 13.8. The van der Waals surface area contributed by atoms with Crippen LogP contribution in [0.15, 0.2) is 18.2 Å². The van der Waals surface area contributed by atoms with Crippen molar-refractivity contribution in [1.82, 2.24) is 5.32 Å². The Morgan fingerprint density at radius 3 is 2.44 bits per heavy atom. The molecule has 1 amide bonds. The molecule has 1 rings (SSSR count). The zero-order chi connectivity index (χ0) is 13.5. The second-order valence-electron chi connectivity index (χ2n) is 3.50. The molecule has 0 fully saturated rings. The molecule has 6 nitrogen and oxygen atoms in total. The van der Waals surface area contributed by atoms with E-state index in [1.54, 1.807) is 19.2 Å². The molecule has 0 spiro atoms. The van der Waals surface area contributed by atoms with Crippen LogP contribution in [0.4, 0.5) is 0 Å². The highest BCUT2D eigenvalue weighted by molar-refractivity contribution is 6.31. The molecule has 0 atom stereocenters. The van der Waals surface area contributed by atoms with Gasteiger partial charge in [-0.15, -0.1) is 0 Å². The molecule has 1 aromatic rings. The lowest BCUT2D eigenvalue weighted by Gasteiger charge is -2.09. The molecular formula is C12H15NO5. The third-order valence-electron chi connectivity index (χ3n) is 2.34. The highest BCUT2D eigenvalue weighted by Crippen LogP contribution is 2.27. The molecule has 0 unspecified atom stereocenters. The summed E-state index contributed by atoms with van der Waals surface area (Å²) in [6, 6.07) is 5.37. The maximum Gasteiger partial charge on any atom is 0.394 e. The molecule has 0 heterocycles. The largest absolute Gasteiger partial charge is 0.493 e. The molecule has 0 saturated carbocycles. The second-order valence-corrected chi connectivity index (χ2v) is 3.50. The molecular weight excluding hydrogens is 238 g/mol. The van der Waals surface area contributed by atoms with Gasteiger partial charge in [-0.2, -0.15) is 0 Å². The van der Waals surface area contributed by atoms with E-state index in [-0.39, 0.29) is 6.54 Å². The first-order chi connectivity index (χ1) is 8.58. The van der Waals surface area contributed by atoms with Crippen molar-refractivity contribution in [2.24, 2.45) is 0 Å².